The highest BCUT2D eigenvalue weighted by Gasteiger charge is 2.12. The summed E-state index contributed by atoms with van der Waals surface area (Å²) < 4.78 is 5.59. The molecule has 6 nitrogen and oxygen atoms in total. The van der Waals surface area contributed by atoms with Gasteiger partial charge in [-0.15, -0.1) is 0 Å². The molecule has 2 aromatic rings. The summed E-state index contributed by atoms with van der Waals surface area (Å²) in [6.07, 6.45) is 1.51. The molecule has 128 valence electrons. The van der Waals surface area contributed by atoms with Crippen LogP contribution in [0.2, 0.25) is 5.02 Å². The number of aromatic nitrogens is 1. The van der Waals surface area contributed by atoms with Crippen molar-refractivity contribution in [3.05, 3.63) is 46.7 Å². The van der Waals surface area contributed by atoms with E-state index in [1.807, 2.05) is 19.0 Å². The minimum absolute atomic E-state index is 0.104. The lowest BCUT2D eigenvalue weighted by atomic mass is 10.2. The van der Waals surface area contributed by atoms with Gasteiger partial charge in [-0.3, -0.25) is 9.59 Å². The number of amides is 1. The van der Waals surface area contributed by atoms with Crippen molar-refractivity contribution < 1.29 is 14.3 Å². The van der Waals surface area contributed by atoms with E-state index in [2.05, 4.69) is 10.3 Å². The maximum atomic E-state index is 12.2. The number of halogens is 1. The van der Waals surface area contributed by atoms with E-state index in [-0.39, 0.29) is 11.7 Å². The van der Waals surface area contributed by atoms with Gasteiger partial charge in [-0.2, -0.15) is 0 Å². The van der Waals surface area contributed by atoms with Gasteiger partial charge >= 0.3 is 0 Å². The molecule has 0 spiro atoms. The average Bonchev–Trinajstić information content (AvgIpc) is 2.99. The molecular formula is C17H20ClN3O3. The van der Waals surface area contributed by atoms with Crippen molar-refractivity contribution in [1.82, 2.24) is 9.88 Å². The minimum atomic E-state index is -0.347. The first-order valence-corrected chi connectivity index (χ1v) is 7.82. The molecule has 0 aliphatic rings. The number of carbonyl (C=O) groups excluding carboxylic acids is 2. The van der Waals surface area contributed by atoms with Crippen molar-refractivity contribution in [3.63, 3.8) is 0 Å². The fraction of sp³-hybridized carbons (Fsp3) is 0.294. The van der Waals surface area contributed by atoms with Crippen molar-refractivity contribution in [2.45, 2.75) is 6.92 Å². The number of rotatable bonds is 7. The number of nitrogens with zero attached hydrogens (tertiary/aromatic N) is 1. The van der Waals surface area contributed by atoms with E-state index < -0.39 is 0 Å². The van der Waals surface area contributed by atoms with E-state index in [0.717, 1.165) is 6.54 Å². The molecule has 0 saturated carbocycles. The number of likely N-dealkylation sites (N-methyl/N-ethyl adjacent to an activating group) is 1. The fourth-order valence-corrected chi connectivity index (χ4v) is 2.20. The van der Waals surface area contributed by atoms with Gasteiger partial charge < -0.3 is 19.9 Å². The highest BCUT2D eigenvalue weighted by Crippen LogP contribution is 2.27. The molecule has 2 N–H and O–H groups in total. The molecule has 0 unspecified atom stereocenters. The molecule has 0 aliphatic carbocycles. The minimum Gasteiger partial charge on any atom is -0.491 e. The summed E-state index contributed by atoms with van der Waals surface area (Å²) in [6.45, 7) is 2.74. The van der Waals surface area contributed by atoms with Crippen LogP contribution < -0.4 is 10.1 Å². The standard InChI is InChI=1S/C17H20ClN3O3/c1-11(22)12-8-15(19-10-12)17(23)20-13-4-5-16(14(18)9-13)24-7-6-21(2)3/h4-5,8-10,19H,6-7H2,1-3H3,(H,20,23). The predicted octanol–water partition coefficient (Wildman–Crippen LogP) is 3.06. The van der Waals surface area contributed by atoms with Crippen LogP contribution in [0.25, 0.3) is 0 Å². The monoisotopic (exact) mass is 349 g/mol. The smallest absolute Gasteiger partial charge is 0.272 e. The van der Waals surface area contributed by atoms with Crippen LogP contribution in [0, 0.1) is 0 Å². The molecule has 2 rings (SSSR count). The molecule has 0 saturated heterocycles. The number of benzene rings is 1. The van der Waals surface area contributed by atoms with E-state index in [9.17, 15) is 9.59 Å². The Hall–Kier alpha value is -2.31. The van der Waals surface area contributed by atoms with E-state index in [1.54, 1.807) is 18.2 Å². The normalized spacial score (nSPS) is 10.7. The number of H-pyrrole nitrogens is 1. The molecule has 0 fully saturated rings. The van der Waals surface area contributed by atoms with Crippen LogP contribution in [0.3, 0.4) is 0 Å². The number of nitrogens with one attached hydrogen (secondary N) is 2. The van der Waals surface area contributed by atoms with Crippen LogP contribution in [0.5, 0.6) is 5.75 Å². The third-order valence-corrected chi connectivity index (χ3v) is 3.62. The summed E-state index contributed by atoms with van der Waals surface area (Å²) >= 11 is 6.18. The molecule has 0 bridgehead atoms. The highest BCUT2D eigenvalue weighted by molar-refractivity contribution is 6.32. The summed E-state index contributed by atoms with van der Waals surface area (Å²) in [4.78, 5) is 28.2. The van der Waals surface area contributed by atoms with E-state index >= 15 is 0 Å². The summed E-state index contributed by atoms with van der Waals surface area (Å²) in [5.74, 6) is 0.114. The summed E-state index contributed by atoms with van der Waals surface area (Å²) in [7, 11) is 3.92. The Balaban J connectivity index is 2.00. The number of Topliss-reactive ketones (excluding diaryl/α,β-unsaturated/α-hetero) is 1. The molecule has 0 radical (unpaired) electrons. The Kier molecular flexibility index (Phi) is 6.00. The second kappa shape index (κ2) is 7.99. The van der Waals surface area contributed by atoms with E-state index in [0.29, 0.717) is 34.3 Å². The topological polar surface area (TPSA) is 74.4 Å². The Morgan fingerprint density at radius 3 is 2.62 bits per heavy atom. The molecule has 1 aromatic carbocycles. The van der Waals surface area contributed by atoms with Gasteiger partial charge in [0.25, 0.3) is 5.91 Å². The molecule has 0 aliphatic heterocycles. The maximum Gasteiger partial charge on any atom is 0.272 e. The largest absolute Gasteiger partial charge is 0.491 e. The van der Waals surface area contributed by atoms with Crippen molar-refractivity contribution in [3.8, 4) is 5.75 Å². The Morgan fingerprint density at radius 1 is 1.29 bits per heavy atom. The number of anilines is 1. The molecule has 24 heavy (non-hydrogen) atoms. The first kappa shape index (κ1) is 18.0. The lowest BCUT2D eigenvalue weighted by Crippen LogP contribution is -2.19. The molecule has 0 atom stereocenters. The Bertz CT molecular complexity index is 740. The molecule has 1 amide bonds. The van der Waals surface area contributed by atoms with Gasteiger partial charge in [0.1, 0.15) is 18.1 Å². The van der Waals surface area contributed by atoms with Crippen molar-refractivity contribution in [2.24, 2.45) is 0 Å². The third-order valence-electron chi connectivity index (χ3n) is 3.32. The SMILES string of the molecule is CC(=O)c1c[nH]c(C(=O)Nc2ccc(OCCN(C)C)c(Cl)c2)c1. The molecular weight excluding hydrogens is 330 g/mol. The van der Waals surface area contributed by atoms with Crippen molar-refractivity contribution in [1.29, 1.82) is 0 Å². The highest BCUT2D eigenvalue weighted by atomic mass is 35.5. The maximum absolute atomic E-state index is 12.2. The zero-order valence-electron chi connectivity index (χ0n) is 13.9. The quantitative estimate of drug-likeness (QED) is 0.753. The van der Waals surface area contributed by atoms with Gasteiger partial charge in [0.2, 0.25) is 0 Å². The van der Waals surface area contributed by atoms with Gasteiger partial charge in [0.05, 0.1) is 5.02 Å². The van der Waals surface area contributed by atoms with Gasteiger partial charge in [-0.25, -0.2) is 0 Å². The van der Waals surface area contributed by atoms with Crippen LogP contribution in [0.15, 0.2) is 30.5 Å². The molecule has 7 heteroatoms. The lowest BCUT2D eigenvalue weighted by molar-refractivity contribution is 0.101. The van der Waals surface area contributed by atoms with Crippen LogP contribution in [-0.4, -0.2) is 48.8 Å². The molecule has 1 aromatic heterocycles. The van der Waals surface area contributed by atoms with Crippen LogP contribution in [-0.2, 0) is 0 Å². The van der Waals surface area contributed by atoms with Crippen molar-refractivity contribution in [2.75, 3.05) is 32.6 Å². The van der Waals surface area contributed by atoms with Gasteiger partial charge in [-0.05, 0) is 45.3 Å². The van der Waals surface area contributed by atoms with Gasteiger partial charge in [-0.1, -0.05) is 11.6 Å². The first-order valence-electron chi connectivity index (χ1n) is 7.44. The number of ether oxygens (including phenoxy) is 1. The number of aromatic amines is 1. The second-order valence-electron chi connectivity index (χ2n) is 5.61. The third kappa shape index (κ3) is 4.84. The molecule has 1 heterocycles. The number of ketones is 1. The van der Waals surface area contributed by atoms with Gasteiger partial charge in [0, 0.05) is 24.0 Å². The first-order chi connectivity index (χ1) is 11.4. The Morgan fingerprint density at radius 2 is 2.04 bits per heavy atom. The second-order valence-corrected chi connectivity index (χ2v) is 6.02. The van der Waals surface area contributed by atoms with E-state index in [1.165, 1.54) is 19.2 Å². The lowest BCUT2D eigenvalue weighted by Gasteiger charge is -2.13. The van der Waals surface area contributed by atoms with Crippen LogP contribution >= 0.6 is 11.6 Å². The number of carbonyl (C=O) groups is 2. The zero-order valence-corrected chi connectivity index (χ0v) is 14.6. The fourth-order valence-electron chi connectivity index (χ4n) is 1.96. The van der Waals surface area contributed by atoms with Crippen LogP contribution in [0.4, 0.5) is 5.69 Å². The van der Waals surface area contributed by atoms with Crippen molar-refractivity contribution >= 4 is 29.0 Å². The average molecular weight is 350 g/mol. The number of hydrogen-bond donors (Lipinski definition) is 2. The van der Waals surface area contributed by atoms with Crippen LogP contribution in [0.1, 0.15) is 27.8 Å². The summed E-state index contributed by atoms with van der Waals surface area (Å²) in [5.41, 5.74) is 1.31. The zero-order chi connectivity index (χ0) is 17.7. The summed E-state index contributed by atoms with van der Waals surface area (Å²) in [6, 6.07) is 6.56. The summed E-state index contributed by atoms with van der Waals surface area (Å²) in [5, 5.41) is 3.14. The Labute approximate surface area is 145 Å². The van der Waals surface area contributed by atoms with Gasteiger partial charge in [0.15, 0.2) is 5.78 Å². The van der Waals surface area contributed by atoms with E-state index in [4.69, 9.17) is 16.3 Å². The predicted molar refractivity (Wildman–Crippen MR) is 94.3 cm³/mol. The number of hydrogen-bond acceptors (Lipinski definition) is 4.